The molecule has 1 aromatic carbocycles. The number of hydrogen-bond donors (Lipinski definition) is 1. The van der Waals surface area contributed by atoms with Crippen molar-refractivity contribution in [3.63, 3.8) is 0 Å². The van der Waals surface area contributed by atoms with E-state index in [9.17, 15) is 0 Å². The standard InChI is InChI=1S/C8H8BrN5/c1-5-2-3-6(9)7(4-5)14-8(10)11-12-13-14/h2-4H,1H3,(H2,10,11,13). The Morgan fingerprint density at radius 3 is 2.86 bits per heavy atom. The van der Waals surface area contributed by atoms with Crippen molar-refractivity contribution in [1.29, 1.82) is 0 Å². The lowest BCUT2D eigenvalue weighted by Crippen LogP contribution is -2.03. The van der Waals surface area contributed by atoms with E-state index in [0.29, 0.717) is 0 Å². The van der Waals surface area contributed by atoms with Gasteiger partial charge in [-0.05, 0) is 51.0 Å². The molecule has 2 N–H and O–H groups in total. The fourth-order valence-electron chi connectivity index (χ4n) is 1.15. The van der Waals surface area contributed by atoms with Crippen LogP contribution in [0.4, 0.5) is 5.95 Å². The summed E-state index contributed by atoms with van der Waals surface area (Å²) < 4.78 is 2.39. The van der Waals surface area contributed by atoms with Crippen LogP contribution in [0.25, 0.3) is 5.69 Å². The highest BCUT2D eigenvalue weighted by Crippen LogP contribution is 2.22. The van der Waals surface area contributed by atoms with Gasteiger partial charge in [-0.3, -0.25) is 0 Å². The third-order valence-corrected chi connectivity index (χ3v) is 2.49. The number of aryl methyl sites for hydroxylation is 1. The van der Waals surface area contributed by atoms with E-state index < -0.39 is 0 Å². The SMILES string of the molecule is Cc1ccc(Br)c(-n2nnnc2N)c1. The molecule has 6 heteroatoms. The third kappa shape index (κ3) is 1.48. The number of nitrogen functional groups attached to an aromatic ring is 1. The number of nitrogens with two attached hydrogens (primary N) is 1. The third-order valence-electron chi connectivity index (χ3n) is 1.82. The number of hydrogen-bond acceptors (Lipinski definition) is 4. The topological polar surface area (TPSA) is 69.6 Å². The lowest BCUT2D eigenvalue weighted by Gasteiger charge is -2.04. The molecule has 0 spiro atoms. The average molecular weight is 254 g/mol. The minimum absolute atomic E-state index is 0.274. The van der Waals surface area contributed by atoms with Crippen molar-refractivity contribution >= 4 is 21.9 Å². The van der Waals surface area contributed by atoms with E-state index in [0.717, 1.165) is 15.7 Å². The van der Waals surface area contributed by atoms with Gasteiger partial charge < -0.3 is 5.73 Å². The molecule has 0 aliphatic rings. The molecule has 0 aliphatic heterocycles. The highest BCUT2D eigenvalue weighted by atomic mass is 79.9. The fourth-order valence-corrected chi connectivity index (χ4v) is 1.57. The van der Waals surface area contributed by atoms with Gasteiger partial charge in [0.2, 0.25) is 5.95 Å². The van der Waals surface area contributed by atoms with Crippen LogP contribution >= 0.6 is 15.9 Å². The smallest absolute Gasteiger partial charge is 0.245 e. The molecule has 0 saturated heterocycles. The Hall–Kier alpha value is -1.43. The van der Waals surface area contributed by atoms with E-state index >= 15 is 0 Å². The first kappa shape index (κ1) is 9.14. The molecule has 0 amide bonds. The van der Waals surface area contributed by atoms with Crippen LogP contribution in [-0.4, -0.2) is 20.2 Å². The molecule has 0 aliphatic carbocycles. The highest BCUT2D eigenvalue weighted by Gasteiger charge is 2.07. The van der Waals surface area contributed by atoms with Crippen molar-refractivity contribution in [1.82, 2.24) is 20.2 Å². The first-order chi connectivity index (χ1) is 6.68. The maximum Gasteiger partial charge on any atom is 0.245 e. The summed E-state index contributed by atoms with van der Waals surface area (Å²) >= 11 is 3.41. The van der Waals surface area contributed by atoms with Gasteiger partial charge in [0.1, 0.15) is 0 Å². The minimum Gasteiger partial charge on any atom is -0.366 e. The summed E-state index contributed by atoms with van der Waals surface area (Å²) in [5.74, 6) is 0.274. The van der Waals surface area contributed by atoms with Crippen molar-refractivity contribution in [3.8, 4) is 5.69 Å². The van der Waals surface area contributed by atoms with Gasteiger partial charge in [0.25, 0.3) is 0 Å². The lowest BCUT2D eigenvalue weighted by molar-refractivity contribution is 0.789. The van der Waals surface area contributed by atoms with Crippen LogP contribution in [0.3, 0.4) is 0 Å². The number of aromatic nitrogens is 4. The van der Waals surface area contributed by atoms with E-state index in [1.54, 1.807) is 0 Å². The zero-order chi connectivity index (χ0) is 10.1. The molecule has 0 unspecified atom stereocenters. The van der Waals surface area contributed by atoms with Crippen molar-refractivity contribution < 1.29 is 0 Å². The monoisotopic (exact) mass is 253 g/mol. The Morgan fingerprint density at radius 2 is 2.21 bits per heavy atom. The van der Waals surface area contributed by atoms with Gasteiger partial charge >= 0.3 is 0 Å². The molecule has 72 valence electrons. The van der Waals surface area contributed by atoms with E-state index in [4.69, 9.17) is 5.73 Å². The number of nitrogens with zero attached hydrogens (tertiary/aromatic N) is 4. The van der Waals surface area contributed by atoms with E-state index in [1.165, 1.54) is 4.68 Å². The van der Waals surface area contributed by atoms with Crippen LogP contribution in [0.2, 0.25) is 0 Å². The lowest BCUT2D eigenvalue weighted by atomic mass is 10.2. The van der Waals surface area contributed by atoms with E-state index in [1.807, 2.05) is 25.1 Å². The second-order valence-electron chi connectivity index (χ2n) is 2.90. The summed E-state index contributed by atoms with van der Waals surface area (Å²) in [6.45, 7) is 2.00. The van der Waals surface area contributed by atoms with Crippen molar-refractivity contribution in [3.05, 3.63) is 28.2 Å². The molecule has 0 bridgehead atoms. The molecule has 0 saturated carbocycles. The fraction of sp³-hybridized carbons (Fsp3) is 0.125. The Labute approximate surface area is 89.0 Å². The molecule has 14 heavy (non-hydrogen) atoms. The number of benzene rings is 1. The van der Waals surface area contributed by atoms with Gasteiger partial charge in [-0.2, -0.15) is 4.68 Å². The van der Waals surface area contributed by atoms with Crippen LogP contribution in [0, 0.1) is 6.92 Å². The highest BCUT2D eigenvalue weighted by molar-refractivity contribution is 9.10. The summed E-state index contributed by atoms with van der Waals surface area (Å²) in [4.78, 5) is 0. The molecular formula is C8H8BrN5. The summed E-state index contributed by atoms with van der Waals surface area (Å²) in [5.41, 5.74) is 7.56. The van der Waals surface area contributed by atoms with Crippen LogP contribution < -0.4 is 5.73 Å². The van der Waals surface area contributed by atoms with E-state index in [2.05, 4.69) is 31.5 Å². The van der Waals surface area contributed by atoms with Crippen molar-refractivity contribution in [2.45, 2.75) is 6.92 Å². The van der Waals surface area contributed by atoms with E-state index in [-0.39, 0.29) is 5.95 Å². The summed E-state index contributed by atoms with van der Waals surface area (Å²) in [6.07, 6.45) is 0. The normalized spacial score (nSPS) is 10.4. The Kier molecular flexibility index (Phi) is 2.20. The maximum absolute atomic E-state index is 5.60. The zero-order valence-electron chi connectivity index (χ0n) is 7.48. The van der Waals surface area contributed by atoms with Gasteiger partial charge in [-0.1, -0.05) is 11.2 Å². The zero-order valence-corrected chi connectivity index (χ0v) is 9.06. The molecule has 2 aromatic rings. The molecule has 1 aromatic heterocycles. The van der Waals surface area contributed by atoms with Gasteiger partial charge in [0.05, 0.1) is 5.69 Å². The summed E-state index contributed by atoms with van der Waals surface area (Å²) in [6, 6.07) is 5.89. The molecule has 1 heterocycles. The molecule has 0 radical (unpaired) electrons. The number of tetrazole rings is 1. The van der Waals surface area contributed by atoms with Gasteiger partial charge in [-0.15, -0.1) is 0 Å². The van der Waals surface area contributed by atoms with Crippen LogP contribution in [0.15, 0.2) is 22.7 Å². The molecule has 0 atom stereocenters. The van der Waals surface area contributed by atoms with Gasteiger partial charge in [0, 0.05) is 4.47 Å². The first-order valence-electron chi connectivity index (χ1n) is 3.99. The molecule has 2 rings (SSSR count). The maximum atomic E-state index is 5.60. The van der Waals surface area contributed by atoms with Crippen molar-refractivity contribution in [2.75, 3.05) is 5.73 Å². The Balaban J connectivity index is 2.62. The molecular weight excluding hydrogens is 246 g/mol. The predicted molar refractivity (Wildman–Crippen MR) is 56.0 cm³/mol. The minimum atomic E-state index is 0.274. The molecule has 0 fully saturated rings. The van der Waals surface area contributed by atoms with Gasteiger partial charge in [-0.25, -0.2) is 0 Å². The van der Waals surface area contributed by atoms with Crippen LogP contribution in [0.1, 0.15) is 5.56 Å². The Bertz CT molecular complexity index is 465. The van der Waals surface area contributed by atoms with Gasteiger partial charge in [0.15, 0.2) is 0 Å². The largest absolute Gasteiger partial charge is 0.366 e. The molecule has 5 nitrogen and oxygen atoms in total. The number of rotatable bonds is 1. The average Bonchev–Trinajstić information content (AvgIpc) is 2.56. The summed E-state index contributed by atoms with van der Waals surface area (Å²) in [7, 11) is 0. The number of halogens is 1. The predicted octanol–water partition coefficient (Wildman–Crippen LogP) is 1.32. The summed E-state index contributed by atoms with van der Waals surface area (Å²) in [5, 5.41) is 10.9. The van der Waals surface area contributed by atoms with Crippen LogP contribution in [-0.2, 0) is 0 Å². The second kappa shape index (κ2) is 3.38. The second-order valence-corrected chi connectivity index (χ2v) is 3.76. The van der Waals surface area contributed by atoms with Crippen molar-refractivity contribution in [2.24, 2.45) is 0 Å². The van der Waals surface area contributed by atoms with Crippen LogP contribution in [0.5, 0.6) is 0 Å². The quantitative estimate of drug-likeness (QED) is 0.833. The first-order valence-corrected chi connectivity index (χ1v) is 4.78. The Morgan fingerprint density at radius 1 is 1.43 bits per heavy atom. The number of anilines is 1.